The first kappa shape index (κ1) is 11.6. The molecule has 92 valence electrons. The molecule has 1 aliphatic heterocycles. The molecule has 1 amide bonds. The molecule has 0 bridgehead atoms. The van der Waals surface area contributed by atoms with E-state index < -0.39 is 6.04 Å². The highest BCUT2D eigenvalue weighted by Gasteiger charge is 2.30. The van der Waals surface area contributed by atoms with Gasteiger partial charge in [-0.15, -0.1) is 0 Å². The first-order chi connectivity index (χ1) is 7.97. The van der Waals surface area contributed by atoms with Gasteiger partial charge in [0.2, 0.25) is 0 Å². The minimum atomic E-state index is -0.482. The number of hydrogen-bond acceptors (Lipinski definition) is 4. The van der Waals surface area contributed by atoms with E-state index in [4.69, 9.17) is 0 Å². The molecule has 2 rings (SSSR count). The van der Waals surface area contributed by atoms with E-state index in [0.717, 1.165) is 11.3 Å². The maximum Gasteiger partial charge on any atom is 0.256 e. The van der Waals surface area contributed by atoms with E-state index in [1.165, 1.54) is 0 Å². The van der Waals surface area contributed by atoms with Gasteiger partial charge >= 0.3 is 0 Å². The Bertz CT molecular complexity index is 474. The summed E-state index contributed by atoms with van der Waals surface area (Å²) in [6.45, 7) is 5.88. The molecule has 17 heavy (non-hydrogen) atoms. The lowest BCUT2D eigenvalue weighted by Crippen LogP contribution is -2.40. The van der Waals surface area contributed by atoms with Crippen molar-refractivity contribution in [3.8, 4) is 0 Å². The zero-order valence-corrected chi connectivity index (χ0v) is 10.5. The van der Waals surface area contributed by atoms with Gasteiger partial charge in [-0.25, -0.2) is 4.99 Å². The Morgan fingerprint density at radius 1 is 1.53 bits per heavy atom. The molecule has 2 N–H and O–H groups in total. The molecule has 2 heterocycles. The average Bonchev–Trinajstić information content (AvgIpc) is 2.69. The van der Waals surface area contributed by atoms with Gasteiger partial charge in [-0.2, -0.15) is 5.10 Å². The molecule has 1 aliphatic rings. The molecule has 1 aromatic rings. The number of aliphatic imine (C=N–C) groups is 1. The quantitative estimate of drug-likeness (QED) is 0.772. The summed E-state index contributed by atoms with van der Waals surface area (Å²) in [5.41, 5.74) is 1.69. The number of nitrogens with one attached hydrogen (secondary N) is 2. The van der Waals surface area contributed by atoms with Crippen molar-refractivity contribution in [2.75, 3.05) is 0 Å². The lowest BCUT2D eigenvalue weighted by Gasteiger charge is -2.07. The summed E-state index contributed by atoms with van der Waals surface area (Å²) in [6, 6.07) is -0.243. The molecule has 1 aromatic heterocycles. The number of aryl methyl sites for hydroxylation is 2. The Labute approximate surface area is 100 Å². The second kappa shape index (κ2) is 4.20. The largest absolute Gasteiger partial charge is 0.354 e. The number of carbonyl (C=O) groups is 1. The van der Waals surface area contributed by atoms with E-state index in [-0.39, 0.29) is 11.9 Å². The second-order valence-corrected chi connectivity index (χ2v) is 4.51. The molecule has 0 saturated heterocycles. The van der Waals surface area contributed by atoms with Crippen molar-refractivity contribution in [1.29, 1.82) is 0 Å². The van der Waals surface area contributed by atoms with E-state index >= 15 is 0 Å². The zero-order valence-electron chi connectivity index (χ0n) is 10.5. The van der Waals surface area contributed by atoms with Crippen LogP contribution in [0.2, 0.25) is 0 Å². The Morgan fingerprint density at radius 2 is 2.24 bits per heavy atom. The number of guanidine groups is 1. The van der Waals surface area contributed by atoms with Gasteiger partial charge < -0.3 is 5.32 Å². The van der Waals surface area contributed by atoms with Crippen LogP contribution in [0.25, 0.3) is 0 Å². The first-order valence-electron chi connectivity index (χ1n) is 5.62. The molecule has 6 nitrogen and oxygen atoms in total. The number of nitrogens with zero attached hydrogens (tertiary/aromatic N) is 3. The summed E-state index contributed by atoms with van der Waals surface area (Å²) in [5.74, 6) is 0.433. The maximum atomic E-state index is 11.8. The van der Waals surface area contributed by atoms with Crippen molar-refractivity contribution < 1.29 is 4.79 Å². The molecular formula is C11H17N5O. The fourth-order valence-corrected chi connectivity index (χ4v) is 1.85. The minimum Gasteiger partial charge on any atom is -0.354 e. The van der Waals surface area contributed by atoms with Crippen molar-refractivity contribution in [2.24, 2.45) is 12.0 Å². The van der Waals surface area contributed by atoms with Crippen LogP contribution < -0.4 is 10.6 Å². The Hall–Kier alpha value is -1.85. The van der Waals surface area contributed by atoms with Gasteiger partial charge in [-0.3, -0.25) is 14.8 Å². The van der Waals surface area contributed by atoms with Crippen LogP contribution in [0, 0.1) is 6.92 Å². The molecule has 0 fully saturated rings. The molecule has 0 aromatic carbocycles. The molecule has 0 saturated carbocycles. The third-order valence-electron chi connectivity index (χ3n) is 2.52. The second-order valence-electron chi connectivity index (χ2n) is 4.51. The molecule has 6 heteroatoms. The zero-order chi connectivity index (χ0) is 12.6. The summed E-state index contributed by atoms with van der Waals surface area (Å²) < 4.78 is 1.70. The van der Waals surface area contributed by atoms with Crippen LogP contribution in [-0.2, 0) is 11.8 Å². The lowest BCUT2D eigenvalue weighted by molar-refractivity contribution is -0.120. The minimum absolute atomic E-state index is 0.107. The Balaban J connectivity index is 2.24. The van der Waals surface area contributed by atoms with Crippen LogP contribution in [0.5, 0.6) is 0 Å². The summed E-state index contributed by atoms with van der Waals surface area (Å²) in [5, 5.41) is 10.0. The topological polar surface area (TPSA) is 71.3 Å². The van der Waals surface area contributed by atoms with Crippen LogP contribution in [0.4, 0.5) is 0 Å². The van der Waals surface area contributed by atoms with Crippen LogP contribution in [0.1, 0.15) is 31.1 Å². The van der Waals surface area contributed by atoms with E-state index in [1.807, 2.05) is 34.0 Å². The highest BCUT2D eigenvalue weighted by molar-refractivity contribution is 6.05. The summed E-state index contributed by atoms with van der Waals surface area (Å²) in [4.78, 5) is 16.2. The van der Waals surface area contributed by atoms with Gasteiger partial charge in [-0.1, -0.05) is 0 Å². The fraction of sp³-hybridized carbons (Fsp3) is 0.545. The maximum absolute atomic E-state index is 11.8. The molecule has 1 unspecified atom stereocenters. The first-order valence-corrected chi connectivity index (χ1v) is 5.62. The monoisotopic (exact) mass is 235 g/mol. The van der Waals surface area contributed by atoms with E-state index in [0.29, 0.717) is 5.96 Å². The summed E-state index contributed by atoms with van der Waals surface area (Å²) >= 11 is 0. The molecule has 0 radical (unpaired) electrons. The lowest BCUT2D eigenvalue weighted by atomic mass is 10.1. The average molecular weight is 235 g/mol. The SMILES string of the molecule is Cc1nn(C)cc1C1N=C(NC(C)C)NC1=O. The van der Waals surface area contributed by atoms with Crippen molar-refractivity contribution in [3.05, 3.63) is 17.5 Å². The predicted molar refractivity (Wildman–Crippen MR) is 64.5 cm³/mol. The number of aromatic nitrogens is 2. The highest BCUT2D eigenvalue weighted by atomic mass is 16.2. The van der Waals surface area contributed by atoms with Crippen molar-refractivity contribution in [3.63, 3.8) is 0 Å². The van der Waals surface area contributed by atoms with Gasteiger partial charge in [0.25, 0.3) is 5.91 Å². The van der Waals surface area contributed by atoms with Crippen LogP contribution in [0.3, 0.4) is 0 Å². The van der Waals surface area contributed by atoms with Crippen molar-refractivity contribution >= 4 is 11.9 Å². The van der Waals surface area contributed by atoms with Gasteiger partial charge in [0, 0.05) is 24.8 Å². The van der Waals surface area contributed by atoms with Crippen LogP contribution in [0.15, 0.2) is 11.2 Å². The summed E-state index contributed by atoms with van der Waals surface area (Å²) in [7, 11) is 1.83. The highest BCUT2D eigenvalue weighted by Crippen LogP contribution is 2.23. The van der Waals surface area contributed by atoms with Gasteiger partial charge in [-0.05, 0) is 20.8 Å². The molecule has 0 spiro atoms. The van der Waals surface area contributed by atoms with E-state index in [2.05, 4.69) is 20.7 Å². The third kappa shape index (κ3) is 2.30. The smallest absolute Gasteiger partial charge is 0.256 e. The van der Waals surface area contributed by atoms with Gasteiger partial charge in [0.05, 0.1) is 5.69 Å². The predicted octanol–water partition coefficient (Wildman–Crippen LogP) is 0.253. The summed E-state index contributed by atoms with van der Waals surface area (Å²) in [6.07, 6.45) is 1.83. The number of carbonyl (C=O) groups excluding carboxylic acids is 1. The van der Waals surface area contributed by atoms with Crippen molar-refractivity contribution in [2.45, 2.75) is 32.9 Å². The fourth-order valence-electron chi connectivity index (χ4n) is 1.85. The number of hydrogen-bond donors (Lipinski definition) is 2. The normalized spacial score (nSPS) is 19.5. The molecular weight excluding hydrogens is 218 g/mol. The molecule has 1 atom stereocenters. The van der Waals surface area contributed by atoms with Crippen molar-refractivity contribution in [1.82, 2.24) is 20.4 Å². The van der Waals surface area contributed by atoms with E-state index in [9.17, 15) is 4.79 Å². The molecule has 0 aliphatic carbocycles. The standard InChI is InChI=1S/C11H17N5O/c1-6(2)12-11-13-9(10(17)14-11)8-5-16(4)15-7(8)3/h5-6,9H,1-4H3,(H2,12,13,14,17). The van der Waals surface area contributed by atoms with E-state index in [1.54, 1.807) is 4.68 Å². The Morgan fingerprint density at radius 3 is 2.76 bits per heavy atom. The van der Waals surface area contributed by atoms with Gasteiger partial charge in [0.15, 0.2) is 12.0 Å². The van der Waals surface area contributed by atoms with Crippen LogP contribution >= 0.6 is 0 Å². The Kier molecular flexibility index (Phi) is 2.87. The number of amides is 1. The van der Waals surface area contributed by atoms with Crippen LogP contribution in [-0.4, -0.2) is 27.7 Å². The van der Waals surface area contributed by atoms with Gasteiger partial charge in [0.1, 0.15) is 0 Å². The third-order valence-corrected chi connectivity index (χ3v) is 2.52. The number of rotatable bonds is 2.